The van der Waals surface area contributed by atoms with Gasteiger partial charge in [0.1, 0.15) is 5.88 Å². The average Bonchev–Trinajstić information content (AvgIpc) is 2.90. The van der Waals surface area contributed by atoms with Crippen molar-refractivity contribution in [1.29, 1.82) is 0 Å². The van der Waals surface area contributed by atoms with E-state index in [1.54, 1.807) is 0 Å². The number of nitrogens with one attached hydrogen (secondary N) is 1. The summed E-state index contributed by atoms with van der Waals surface area (Å²) in [6, 6.07) is 3.97. The van der Waals surface area contributed by atoms with Gasteiger partial charge in [-0.1, -0.05) is 0 Å². The third-order valence-electron chi connectivity index (χ3n) is 3.87. The zero-order chi connectivity index (χ0) is 13.2. The molecule has 1 saturated heterocycles. The van der Waals surface area contributed by atoms with Gasteiger partial charge in [0.15, 0.2) is 0 Å². The summed E-state index contributed by atoms with van der Waals surface area (Å²) in [4.78, 5) is 21.1. The van der Waals surface area contributed by atoms with Crippen molar-refractivity contribution >= 4 is 28.5 Å². The fraction of sp³-hybridized carbons (Fsp3) is 0.429. The molecule has 3 heterocycles. The van der Waals surface area contributed by atoms with Gasteiger partial charge in [0.05, 0.1) is 11.0 Å². The Morgan fingerprint density at radius 3 is 3.00 bits per heavy atom. The summed E-state index contributed by atoms with van der Waals surface area (Å²) in [7, 11) is 0. The first-order valence-corrected chi connectivity index (χ1v) is 7.09. The van der Waals surface area contributed by atoms with Gasteiger partial charge >= 0.3 is 0 Å². The van der Waals surface area contributed by atoms with Gasteiger partial charge in [-0.25, -0.2) is 0 Å². The van der Waals surface area contributed by atoms with Crippen LogP contribution in [0.2, 0.25) is 0 Å². The quantitative estimate of drug-likeness (QED) is 0.858. The first kappa shape index (κ1) is 12.5. The molecule has 0 radical (unpaired) electrons. The van der Waals surface area contributed by atoms with E-state index in [0.717, 1.165) is 37.0 Å². The normalized spacial score (nSPS) is 17.0. The number of rotatable bonds is 2. The first-order valence-electron chi connectivity index (χ1n) is 6.55. The number of pyridine rings is 1. The van der Waals surface area contributed by atoms with Gasteiger partial charge in [-0.15, -0.1) is 11.6 Å². The summed E-state index contributed by atoms with van der Waals surface area (Å²) in [6.07, 6.45) is 5.84. The van der Waals surface area contributed by atoms with Crippen LogP contribution >= 0.6 is 11.6 Å². The number of alkyl halides is 1. The molecule has 2 aromatic heterocycles. The van der Waals surface area contributed by atoms with E-state index in [2.05, 4.69) is 16.2 Å². The van der Waals surface area contributed by atoms with Gasteiger partial charge in [0.2, 0.25) is 5.91 Å². The number of H-pyrrole nitrogens is 1. The SMILES string of the molecule is O=C(CCl)N1CCC(c2c[nH]c3cccnc23)CC1. The second kappa shape index (κ2) is 5.21. The molecule has 0 saturated carbocycles. The zero-order valence-corrected chi connectivity index (χ0v) is 11.4. The Kier molecular flexibility index (Phi) is 3.42. The lowest BCUT2D eigenvalue weighted by molar-refractivity contribution is -0.129. The van der Waals surface area contributed by atoms with Crippen molar-refractivity contribution in [1.82, 2.24) is 14.9 Å². The molecule has 100 valence electrons. The second-order valence-corrected chi connectivity index (χ2v) is 5.20. The molecule has 1 aliphatic heterocycles. The maximum absolute atomic E-state index is 11.5. The zero-order valence-electron chi connectivity index (χ0n) is 10.6. The van der Waals surface area contributed by atoms with Crippen LogP contribution in [0.4, 0.5) is 0 Å². The highest BCUT2D eigenvalue weighted by Gasteiger charge is 2.25. The molecule has 1 N–H and O–H groups in total. The number of aromatic amines is 1. The number of piperidine rings is 1. The van der Waals surface area contributed by atoms with Crippen LogP contribution in [0.25, 0.3) is 11.0 Å². The summed E-state index contributed by atoms with van der Waals surface area (Å²) in [5, 5.41) is 0. The van der Waals surface area contributed by atoms with Crippen molar-refractivity contribution in [2.45, 2.75) is 18.8 Å². The molecule has 0 bridgehead atoms. The number of hydrogen-bond acceptors (Lipinski definition) is 2. The Labute approximate surface area is 116 Å². The van der Waals surface area contributed by atoms with Crippen LogP contribution < -0.4 is 0 Å². The average molecular weight is 278 g/mol. The van der Waals surface area contributed by atoms with E-state index >= 15 is 0 Å². The number of amides is 1. The number of likely N-dealkylation sites (tertiary alicyclic amines) is 1. The minimum atomic E-state index is 0.0390. The molecular weight excluding hydrogens is 262 g/mol. The second-order valence-electron chi connectivity index (χ2n) is 4.93. The number of halogens is 1. The van der Waals surface area contributed by atoms with E-state index in [4.69, 9.17) is 11.6 Å². The molecule has 0 aliphatic carbocycles. The third kappa shape index (κ3) is 2.32. The predicted molar refractivity (Wildman–Crippen MR) is 75.4 cm³/mol. The third-order valence-corrected chi connectivity index (χ3v) is 4.09. The van der Waals surface area contributed by atoms with Crippen molar-refractivity contribution in [3.8, 4) is 0 Å². The van der Waals surface area contributed by atoms with Gasteiger partial charge in [-0.2, -0.15) is 0 Å². The van der Waals surface area contributed by atoms with Crippen LogP contribution in [0.1, 0.15) is 24.3 Å². The molecular formula is C14H16ClN3O. The molecule has 0 atom stereocenters. The number of nitrogens with zero attached hydrogens (tertiary/aromatic N) is 2. The van der Waals surface area contributed by atoms with Crippen LogP contribution in [0.15, 0.2) is 24.5 Å². The Morgan fingerprint density at radius 2 is 2.26 bits per heavy atom. The number of carbonyl (C=O) groups excluding carboxylic acids is 1. The number of hydrogen-bond donors (Lipinski definition) is 1. The lowest BCUT2D eigenvalue weighted by atomic mass is 9.90. The Balaban J connectivity index is 1.77. The van der Waals surface area contributed by atoms with Crippen LogP contribution in [-0.2, 0) is 4.79 Å². The Hall–Kier alpha value is -1.55. The predicted octanol–water partition coefficient (Wildman–Crippen LogP) is 2.51. The minimum Gasteiger partial charge on any atom is -0.360 e. The van der Waals surface area contributed by atoms with Crippen molar-refractivity contribution in [2.75, 3.05) is 19.0 Å². The Bertz CT molecular complexity index is 587. The minimum absolute atomic E-state index is 0.0390. The topological polar surface area (TPSA) is 49.0 Å². The van der Waals surface area contributed by atoms with Gasteiger partial charge in [-0.05, 0) is 36.5 Å². The molecule has 19 heavy (non-hydrogen) atoms. The Morgan fingerprint density at radius 1 is 1.47 bits per heavy atom. The highest BCUT2D eigenvalue weighted by molar-refractivity contribution is 6.27. The van der Waals surface area contributed by atoms with E-state index in [0.29, 0.717) is 5.92 Å². The van der Waals surface area contributed by atoms with Gasteiger partial charge in [0, 0.05) is 25.5 Å². The molecule has 5 heteroatoms. The monoisotopic (exact) mass is 277 g/mol. The highest BCUT2D eigenvalue weighted by Crippen LogP contribution is 2.32. The molecule has 3 rings (SSSR count). The number of aromatic nitrogens is 2. The molecule has 0 aromatic carbocycles. The van der Waals surface area contributed by atoms with E-state index in [-0.39, 0.29) is 11.8 Å². The largest absolute Gasteiger partial charge is 0.360 e. The summed E-state index contributed by atoms with van der Waals surface area (Å²) < 4.78 is 0. The van der Waals surface area contributed by atoms with Crippen LogP contribution in [0.3, 0.4) is 0 Å². The van der Waals surface area contributed by atoms with Crippen molar-refractivity contribution in [2.24, 2.45) is 0 Å². The van der Waals surface area contributed by atoms with Crippen molar-refractivity contribution < 1.29 is 4.79 Å². The smallest absolute Gasteiger partial charge is 0.237 e. The molecule has 1 fully saturated rings. The van der Waals surface area contributed by atoms with Gasteiger partial charge in [-0.3, -0.25) is 9.78 Å². The molecule has 2 aromatic rings. The van der Waals surface area contributed by atoms with Crippen LogP contribution in [-0.4, -0.2) is 39.7 Å². The molecule has 1 amide bonds. The maximum atomic E-state index is 11.5. The van der Waals surface area contributed by atoms with E-state index in [1.165, 1.54) is 5.56 Å². The summed E-state index contributed by atoms with van der Waals surface area (Å²) in [6.45, 7) is 1.57. The lowest BCUT2D eigenvalue weighted by Crippen LogP contribution is -2.38. The molecule has 0 unspecified atom stereocenters. The summed E-state index contributed by atoms with van der Waals surface area (Å²) in [5.41, 5.74) is 3.41. The number of carbonyl (C=O) groups is 1. The van der Waals surface area contributed by atoms with Gasteiger partial charge < -0.3 is 9.88 Å². The van der Waals surface area contributed by atoms with E-state index < -0.39 is 0 Å². The fourth-order valence-electron chi connectivity index (χ4n) is 2.81. The van der Waals surface area contributed by atoms with E-state index in [1.807, 2.05) is 23.2 Å². The fourth-order valence-corrected chi connectivity index (χ4v) is 2.98. The maximum Gasteiger partial charge on any atom is 0.237 e. The highest BCUT2D eigenvalue weighted by atomic mass is 35.5. The lowest BCUT2D eigenvalue weighted by Gasteiger charge is -2.31. The van der Waals surface area contributed by atoms with E-state index in [9.17, 15) is 4.79 Å². The molecule has 1 aliphatic rings. The molecule has 4 nitrogen and oxygen atoms in total. The summed E-state index contributed by atoms with van der Waals surface area (Å²) >= 11 is 5.59. The number of fused-ring (bicyclic) bond motifs is 1. The first-order chi connectivity index (χ1) is 9.29. The summed E-state index contributed by atoms with van der Waals surface area (Å²) in [5.74, 6) is 0.597. The van der Waals surface area contributed by atoms with Crippen LogP contribution in [0, 0.1) is 0 Å². The van der Waals surface area contributed by atoms with Crippen LogP contribution in [0.5, 0.6) is 0 Å². The van der Waals surface area contributed by atoms with Gasteiger partial charge in [0.25, 0.3) is 0 Å². The van der Waals surface area contributed by atoms with Crippen molar-refractivity contribution in [3.63, 3.8) is 0 Å². The standard InChI is InChI=1S/C14H16ClN3O/c15-8-13(19)18-6-3-10(4-7-18)11-9-17-12-2-1-5-16-14(11)12/h1-2,5,9-10,17H,3-4,6-8H2. The van der Waals surface area contributed by atoms with Crippen molar-refractivity contribution in [3.05, 3.63) is 30.1 Å². The molecule has 0 spiro atoms.